The smallest absolute Gasteiger partial charge is 0.128 e. The van der Waals surface area contributed by atoms with Crippen LogP contribution in [-0.4, -0.2) is 0 Å². The van der Waals surface area contributed by atoms with E-state index in [2.05, 4.69) is 29.6 Å². The van der Waals surface area contributed by atoms with Gasteiger partial charge in [-0.15, -0.1) is 0 Å². The van der Waals surface area contributed by atoms with E-state index in [9.17, 15) is 8.78 Å². The van der Waals surface area contributed by atoms with Crippen molar-refractivity contribution >= 4 is 5.69 Å². The van der Waals surface area contributed by atoms with Crippen LogP contribution in [0.1, 0.15) is 29.9 Å². The molecule has 1 nitrogen and oxygen atoms in total. The first kappa shape index (κ1) is 12.2. The normalized spacial score (nSPS) is 14.4. The highest BCUT2D eigenvalue weighted by atomic mass is 19.1. The van der Waals surface area contributed by atoms with Gasteiger partial charge in [0, 0.05) is 18.3 Å². The lowest BCUT2D eigenvalue weighted by Gasteiger charge is -2.08. The minimum absolute atomic E-state index is 0.462. The lowest BCUT2D eigenvalue weighted by molar-refractivity contribution is 0.584. The van der Waals surface area contributed by atoms with E-state index >= 15 is 0 Å². The molecule has 0 aliphatic heterocycles. The van der Waals surface area contributed by atoms with Crippen molar-refractivity contribution in [3.8, 4) is 0 Å². The van der Waals surface area contributed by atoms with E-state index in [4.69, 9.17) is 0 Å². The second-order valence-electron chi connectivity index (χ2n) is 5.03. The van der Waals surface area contributed by atoms with Gasteiger partial charge in [0.15, 0.2) is 0 Å². The Morgan fingerprint density at radius 1 is 0.947 bits per heavy atom. The number of nitrogens with one attached hydrogen (secondary N) is 1. The van der Waals surface area contributed by atoms with Crippen molar-refractivity contribution in [1.82, 2.24) is 0 Å². The quantitative estimate of drug-likeness (QED) is 0.855. The Labute approximate surface area is 111 Å². The third-order valence-electron chi connectivity index (χ3n) is 3.39. The first-order valence-corrected chi connectivity index (χ1v) is 6.49. The molecular formula is C16H15F2N. The molecule has 2 aromatic carbocycles. The number of halogens is 2. The molecule has 3 heteroatoms. The summed E-state index contributed by atoms with van der Waals surface area (Å²) >= 11 is 0. The van der Waals surface area contributed by atoms with Crippen LogP contribution in [0.3, 0.4) is 0 Å². The largest absolute Gasteiger partial charge is 0.381 e. The van der Waals surface area contributed by atoms with Crippen LogP contribution in [-0.2, 0) is 6.54 Å². The third-order valence-corrected chi connectivity index (χ3v) is 3.39. The molecule has 0 radical (unpaired) electrons. The molecule has 0 saturated heterocycles. The summed E-state index contributed by atoms with van der Waals surface area (Å²) in [5, 5.41) is 3.03. The first-order valence-electron chi connectivity index (χ1n) is 6.49. The summed E-state index contributed by atoms with van der Waals surface area (Å²) in [6.07, 6.45) is 2.58. The predicted molar refractivity (Wildman–Crippen MR) is 72.1 cm³/mol. The lowest BCUT2D eigenvalue weighted by Crippen LogP contribution is -2.00. The summed E-state index contributed by atoms with van der Waals surface area (Å²) in [5.74, 6) is -0.377. The average molecular weight is 259 g/mol. The molecule has 98 valence electrons. The van der Waals surface area contributed by atoms with Gasteiger partial charge < -0.3 is 5.32 Å². The fourth-order valence-corrected chi connectivity index (χ4v) is 2.18. The Morgan fingerprint density at radius 3 is 2.16 bits per heavy atom. The Morgan fingerprint density at radius 2 is 1.58 bits per heavy atom. The van der Waals surface area contributed by atoms with Gasteiger partial charge in [-0.3, -0.25) is 0 Å². The van der Waals surface area contributed by atoms with Gasteiger partial charge in [-0.05, 0) is 42.0 Å². The van der Waals surface area contributed by atoms with Crippen molar-refractivity contribution in [3.63, 3.8) is 0 Å². The summed E-state index contributed by atoms with van der Waals surface area (Å²) < 4.78 is 26.0. The van der Waals surface area contributed by atoms with Crippen LogP contribution < -0.4 is 5.32 Å². The monoisotopic (exact) mass is 259 g/mol. The molecule has 0 atom stereocenters. The summed E-state index contributed by atoms with van der Waals surface area (Å²) in [6, 6.07) is 11.9. The maximum Gasteiger partial charge on any atom is 0.128 e. The molecule has 19 heavy (non-hydrogen) atoms. The molecule has 1 saturated carbocycles. The zero-order valence-electron chi connectivity index (χ0n) is 10.5. The number of benzene rings is 2. The van der Waals surface area contributed by atoms with E-state index < -0.39 is 11.6 Å². The van der Waals surface area contributed by atoms with Gasteiger partial charge in [-0.1, -0.05) is 24.3 Å². The molecule has 1 N–H and O–H groups in total. The molecule has 2 aromatic rings. The molecular weight excluding hydrogens is 244 g/mol. The van der Waals surface area contributed by atoms with Gasteiger partial charge >= 0.3 is 0 Å². The molecule has 0 amide bonds. The second kappa shape index (κ2) is 5.00. The summed E-state index contributed by atoms with van der Waals surface area (Å²) in [4.78, 5) is 0. The topological polar surface area (TPSA) is 12.0 Å². The van der Waals surface area contributed by atoms with Crippen LogP contribution in [0, 0.1) is 11.6 Å². The Balaban J connectivity index is 1.64. The molecule has 0 aromatic heterocycles. The number of anilines is 1. The van der Waals surface area contributed by atoms with Gasteiger partial charge in [-0.2, -0.15) is 0 Å². The highest BCUT2D eigenvalue weighted by Gasteiger charge is 2.22. The Kier molecular flexibility index (Phi) is 3.20. The van der Waals surface area contributed by atoms with E-state index in [1.165, 1.54) is 30.5 Å². The van der Waals surface area contributed by atoms with Crippen LogP contribution >= 0.6 is 0 Å². The lowest BCUT2D eigenvalue weighted by atomic mass is 10.1. The van der Waals surface area contributed by atoms with Gasteiger partial charge in [0.1, 0.15) is 11.6 Å². The summed E-state index contributed by atoms with van der Waals surface area (Å²) in [5.41, 5.74) is 2.96. The van der Waals surface area contributed by atoms with E-state index in [0.29, 0.717) is 12.2 Å². The van der Waals surface area contributed by atoms with Crippen molar-refractivity contribution in [2.45, 2.75) is 25.3 Å². The molecule has 0 unspecified atom stereocenters. The molecule has 1 aliphatic rings. The maximum absolute atomic E-state index is 13.0. The van der Waals surface area contributed by atoms with Gasteiger partial charge in [-0.25, -0.2) is 8.78 Å². The van der Waals surface area contributed by atoms with Crippen molar-refractivity contribution in [2.75, 3.05) is 5.32 Å². The van der Waals surface area contributed by atoms with E-state index in [0.717, 1.165) is 17.5 Å². The molecule has 3 rings (SSSR count). The summed E-state index contributed by atoms with van der Waals surface area (Å²) in [6.45, 7) is 0.563. The van der Waals surface area contributed by atoms with Crippen molar-refractivity contribution < 1.29 is 8.78 Å². The molecule has 1 aliphatic carbocycles. The van der Waals surface area contributed by atoms with Gasteiger partial charge in [0.2, 0.25) is 0 Å². The van der Waals surface area contributed by atoms with Crippen molar-refractivity contribution in [3.05, 3.63) is 65.2 Å². The SMILES string of the molecule is Fc1cc(F)cc(NCc2ccc(C3CC3)cc2)c1. The number of rotatable bonds is 4. The van der Waals surface area contributed by atoms with E-state index in [1.54, 1.807) is 0 Å². The molecule has 0 heterocycles. The van der Waals surface area contributed by atoms with Gasteiger partial charge in [0.25, 0.3) is 0 Å². The van der Waals surface area contributed by atoms with Crippen LogP contribution in [0.5, 0.6) is 0 Å². The van der Waals surface area contributed by atoms with Crippen LogP contribution in [0.2, 0.25) is 0 Å². The minimum atomic E-state index is -0.563. The fraction of sp³-hybridized carbons (Fsp3) is 0.250. The highest BCUT2D eigenvalue weighted by Crippen LogP contribution is 2.39. The van der Waals surface area contributed by atoms with Gasteiger partial charge in [0.05, 0.1) is 0 Å². The second-order valence-corrected chi connectivity index (χ2v) is 5.03. The standard InChI is InChI=1S/C16H15F2N/c17-14-7-15(18)9-16(8-14)19-10-11-1-3-12(4-2-11)13-5-6-13/h1-4,7-9,13,19H,5-6,10H2. The van der Waals surface area contributed by atoms with Crippen molar-refractivity contribution in [2.24, 2.45) is 0 Å². The maximum atomic E-state index is 13.0. The summed E-state index contributed by atoms with van der Waals surface area (Å²) in [7, 11) is 0. The van der Waals surface area contributed by atoms with Crippen LogP contribution in [0.25, 0.3) is 0 Å². The Bertz CT molecular complexity index is 554. The van der Waals surface area contributed by atoms with Crippen molar-refractivity contribution in [1.29, 1.82) is 0 Å². The third kappa shape index (κ3) is 3.11. The number of hydrogen-bond acceptors (Lipinski definition) is 1. The zero-order chi connectivity index (χ0) is 13.2. The average Bonchev–Trinajstić information content (AvgIpc) is 3.20. The zero-order valence-corrected chi connectivity index (χ0v) is 10.5. The Hall–Kier alpha value is -1.90. The van der Waals surface area contributed by atoms with E-state index in [1.807, 2.05) is 0 Å². The minimum Gasteiger partial charge on any atom is -0.381 e. The highest BCUT2D eigenvalue weighted by molar-refractivity contribution is 5.44. The molecule has 0 spiro atoms. The van der Waals surface area contributed by atoms with Crippen LogP contribution in [0.4, 0.5) is 14.5 Å². The fourth-order valence-electron chi connectivity index (χ4n) is 2.18. The predicted octanol–water partition coefficient (Wildman–Crippen LogP) is 4.45. The number of hydrogen-bond donors (Lipinski definition) is 1. The first-order chi connectivity index (χ1) is 9.20. The molecule has 0 bridgehead atoms. The van der Waals surface area contributed by atoms with E-state index in [-0.39, 0.29) is 0 Å². The molecule has 1 fully saturated rings. The van der Waals surface area contributed by atoms with Crippen LogP contribution in [0.15, 0.2) is 42.5 Å².